The number of anilines is 3. The summed E-state index contributed by atoms with van der Waals surface area (Å²) < 4.78 is 24.7. The quantitative estimate of drug-likeness (QED) is 0.0612. The maximum absolute atomic E-state index is 14.3. The molecular formula is C57H69N11O9S. The van der Waals surface area contributed by atoms with Gasteiger partial charge in [-0.2, -0.15) is 0 Å². The number of likely N-dealkylation sites (tertiary alicyclic amines) is 2. The molecule has 6 atom stereocenters. The zero-order valence-electron chi connectivity index (χ0n) is 44.3. The number of aromatic nitrogens is 5. The minimum absolute atomic E-state index is 0.00727. The number of nitrogens with two attached hydrogens (primary N) is 1. The first kappa shape index (κ1) is 53.1. The molecule has 2 bridgehead atoms. The van der Waals surface area contributed by atoms with Crippen molar-refractivity contribution in [3.8, 4) is 39.2 Å². The number of aliphatic hydroxyl groups excluding tert-OH is 2. The number of aromatic hydroxyl groups is 1. The standard InChI is InChI=1S/C57H69N11O9S/c1-33(2)53(57(73)67-30-40(70)23-48(67)56(72)61-46(31-69)35-8-10-36(11-9-35)54-34(3)60-32-78-54)50-27-52(64-77-50)74-21-20-65-18-15-41(16-19-65)75-42-24-43(25-42)76-51-22-37(14-17-59-51)68-38-12-13-39(68)29-66(28-38)47-26-45(62-63-55(47)58)44-6-4-5-7-49(44)71/h4-11,14,17,22,26-27,32-33,38-43,46,48,53,69-71H,12-13,15-16,18-21,23-25,28-31H2,1-3H3,(H2,58,63)(H,61,72)/t38?,39?,40-,42?,43?,46+,48+,53-/m1/s1. The van der Waals surface area contributed by atoms with Crippen LogP contribution in [0.5, 0.6) is 17.5 Å². The maximum Gasteiger partial charge on any atom is 0.254 e. The molecule has 2 aromatic carbocycles. The van der Waals surface area contributed by atoms with E-state index in [0.717, 1.165) is 92.2 Å². The monoisotopic (exact) mass is 1080 g/mol. The van der Waals surface area contributed by atoms with E-state index in [1.807, 2.05) is 69.4 Å². The number of thiazole rings is 1. The lowest BCUT2D eigenvalue weighted by Crippen LogP contribution is -2.54. The van der Waals surface area contributed by atoms with Gasteiger partial charge >= 0.3 is 0 Å². The summed E-state index contributed by atoms with van der Waals surface area (Å²) in [7, 11) is 0. The van der Waals surface area contributed by atoms with Crippen molar-refractivity contribution in [1.82, 2.24) is 40.4 Å². The molecule has 4 aromatic heterocycles. The number of carbonyl (C=O) groups is 2. The fraction of sp³-hybridized carbons (Fsp3) is 0.491. The van der Waals surface area contributed by atoms with Crippen LogP contribution in [0.4, 0.5) is 17.2 Å². The van der Waals surface area contributed by atoms with Gasteiger partial charge < -0.3 is 59.8 Å². The molecule has 5 aliphatic rings. The highest BCUT2D eigenvalue weighted by molar-refractivity contribution is 7.13. The lowest BCUT2D eigenvalue weighted by Gasteiger charge is -2.43. The van der Waals surface area contributed by atoms with Crippen LogP contribution in [0.25, 0.3) is 21.7 Å². The molecule has 6 aromatic rings. The van der Waals surface area contributed by atoms with E-state index in [0.29, 0.717) is 47.4 Å². The number of pyridine rings is 1. The Balaban J connectivity index is 0.604. The number of aliphatic hydroxyl groups is 2. The number of piperazine rings is 1. The number of phenols is 1. The molecule has 8 heterocycles. The molecule has 1 aliphatic carbocycles. The number of hydrogen-bond acceptors (Lipinski definition) is 19. The summed E-state index contributed by atoms with van der Waals surface area (Å²) in [5.74, 6) is -0.0271. The average molecular weight is 1080 g/mol. The van der Waals surface area contributed by atoms with E-state index in [4.69, 9.17) is 24.5 Å². The Labute approximate surface area is 457 Å². The van der Waals surface area contributed by atoms with Crippen molar-refractivity contribution in [2.45, 2.75) is 120 Å². The van der Waals surface area contributed by atoms with Crippen molar-refractivity contribution in [3.63, 3.8) is 0 Å². The van der Waals surface area contributed by atoms with Crippen molar-refractivity contribution in [2.75, 3.05) is 68.0 Å². The van der Waals surface area contributed by atoms with Gasteiger partial charge in [-0.3, -0.25) is 14.5 Å². The van der Waals surface area contributed by atoms with Crippen LogP contribution in [0.15, 0.2) is 89.0 Å². The van der Waals surface area contributed by atoms with Gasteiger partial charge in [-0.15, -0.1) is 21.5 Å². The molecule has 6 N–H and O–H groups in total. The maximum atomic E-state index is 14.3. The highest BCUT2D eigenvalue weighted by atomic mass is 32.1. The number of nitrogens with zero attached hydrogens (tertiary/aromatic N) is 9. The van der Waals surface area contributed by atoms with Gasteiger partial charge in [0.1, 0.15) is 30.4 Å². The van der Waals surface area contributed by atoms with E-state index >= 15 is 0 Å². The van der Waals surface area contributed by atoms with E-state index in [1.54, 1.807) is 35.0 Å². The summed E-state index contributed by atoms with van der Waals surface area (Å²) in [5.41, 5.74) is 14.0. The number of β-amino-alcohol motifs (C(OH)–C–C–N with tert-alkyl or cyclic N) is 1. The number of aryl methyl sites for hydroxylation is 1. The van der Waals surface area contributed by atoms with Crippen molar-refractivity contribution in [2.24, 2.45) is 5.92 Å². The summed E-state index contributed by atoms with van der Waals surface area (Å²) in [6.45, 7) is 9.80. The van der Waals surface area contributed by atoms with Gasteiger partial charge in [0, 0.05) is 100 Å². The van der Waals surface area contributed by atoms with Gasteiger partial charge in [0.05, 0.1) is 58.4 Å². The molecule has 4 aliphatic heterocycles. The van der Waals surface area contributed by atoms with Crippen LogP contribution in [0, 0.1) is 12.8 Å². The number of nitrogens with one attached hydrogen (secondary N) is 1. The third kappa shape index (κ3) is 11.5. The van der Waals surface area contributed by atoms with Crippen LogP contribution in [0.2, 0.25) is 0 Å². The number of para-hydroxylation sites is 1. The van der Waals surface area contributed by atoms with Gasteiger partial charge in [0.15, 0.2) is 11.6 Å². The molecule has 78 heavy (non-hydrogen) atoms. The number of fused-ring (bicyclic) bond motifs is 2. The number of phenolic OH excluding ortho intramolecular Hbond substituents is 1. The van der Waals surface area contributed by atoms with Crippen LogP contribution in [0.1, 0.15) is 87.8 Å². The van der Waals surface area contributed by atoms with Crippen LogP contribution in [-0.2, 0) is 14.3 Å². The Morgan fingerprint density at radius 2 is 1.67 bits per heavy atom. The second-order valence-electron chi connectivity index (χ2n) is 21.7. The van der Waals surface area contributed by atoms with Crippen molar-refractivity contribution in [3.05, 3.63) is 102 Å². The SMILES string of the molecule is Cc1ncsc1-c1ccc([C@H](CO)NC(=O)[C@@H]2C[C@@H](O)CN2C(=O)[C@@H](c2cc(OCCN3CCC(OC4CC(Oc5cc(N6C7CCC6CN(c6cc(-c8ccccc8O)nnc6N)C7)ccn5)C4)CC3)no2)C(C)C)cc1. The van der Waals surface area contributed by atoms with Gasteiger partial charge in [0.25, 0.3) is 5.88 Å². The van der Waals surface area contributed by atoms with Crippen molar-refractivity contribution in [1.29, 1.82) is 0 Å². The summed E-state index contributed by atoms with van der Waals surface area (Å²) in [5, 5.41) is 47.1. The van der Waals surface area contributed by atoms with Crippen molar-refractivity contribution < 1.29 is 43.6 Å². The first-order valence-corrected chi connectivity index (χ1v) is 28.2. The van der Waals surface area contributed by atoms with Crippen LogP contribution < -0.4 is 30.3 Å². The molecule has 11 rings (SSSR count). The molecule has 2 unspecified atom stereocenters. The number of amides is 2. The lowest BCUT2D eigenvalue weighted by molar-refractivity contribution is -0.141. The molecule has 5 fully saturated rings. The smallest absolute Gasteiger partial charge is 0.254 e. The minimum atomic E-state index is -0.939. The second kappa shape index (κ2) is 23.2. The number of hydrogen-bond donors (Lipinski definition) is 5. The predicted octanol–water partition coefficient (Wildman–Crippen LogP) is 6.12. The fourth-order valence-electron chi connectivity index (χ4n) is 12.0. The molecule has 2 amide bonds. The van der Waals surface area contributed by atoms with Crippen molar-refractivity contribution >= 4 is 40.3 Å². The third-order valence-electron chi connectivity index (χ3n) is 16.2. The summed E-state index contributed by atoms with van der Waals surface area (Å²) in [6, 6.07) is 21.4. The Kier molecular flexibility index (Phi) is 15.8. The van der Waals surface area contributed by atoms with E-state index in [9.17, 15) is 24.9 Å². The number of carbonyl (C=O) groups excluding carboxylic acids is 2. The normalized spacial score (nSPS) is 23.3. The minimum Gasteiger partial charge on any atom is -0.507 e. The third-order valence-corrected chi connectivity index (χ3v) is 17.1. The number of nitrogen functional groups attached to an aromatic ring is 1. The van der Waals surface area contributed by atoms with Gasteiger partial charge in [-0.25, -0.2) is 9.97 Å². The molecule has 4 saturated heterocycles. The Bertz CT molecular complexity index is 3020. The predicted molar refractivity (Wildman–Crippen MR) is 293 cm³/mol. The largest absolute Gasteiger partial charge is 0.507 e. The topological polar surface area (TPSA) is 251 Å². The van der Waals surface area contributed by atoms with E-state index < -0.39 is 30.0 Å². The number of ether oxygens (including phenoxy) is 3. The van der Waals surface area contributed by atoms with Gasteiger partial charge in [-0.1, -0.05) is 50.2 Å². The van der Waals surface area contributed by atoms with Gasteiger partial charge in [-0.05, 0) is 79.1 Å². The van der Waals surface area contributed by atoms with E-state index in [1.165, 1.54) is 4.90 Å². The number of rotatable bonds is 19. The molecule has 21 heteroatoms. The first-order chi connectivity index (χ1) is 37.8. The molecule has 412 valence electrons. The molecule has 20 nitrogen and oxygen atoms in total. The Morgan fingerprint density at radius 1 is 0.897 bits per heavy atom. The molecule has 0 spiro atoms. The highest BCUT2D eigenvalue weighted by Crippen LogP contribution is 2.41. The summed E-state index contributed by atoms with van der Waals surface area (Å²) in [4.78, 5) is 46.6. The molecular weight excluding hydrogens is 1010 g/mol. The second-order valence-corrected chi connectivity index (χ2v) is 22.6. The summed E-state index contributed by atoms with van der Waals surface area (Å²) in [6.07, 6.45) is 7.00. The highest BCUT2D eigenvalue weighted by Gasteiger charge is 2.45. The zero-order chi connectivity index (χ0) is 54.0. The van der Waals surface area contributed by atoms with Crippen LogP contribution in [0.3, 0.4) is 0 Å². The molecule has 0 radical (unpaired) electrons. The van der Waals surface area contributed by atoms with E-state index in [-0.39, 0.29) is 73.4 Å². The lowest BCUT2D eigenvalue weighted by atomic mass is 9.91. The van der Waals surface area contributed by atoms with E-state index in [2.05, 4.69) is 57.5 Å². The van der Waals surface area contributed by atoms with Crippen LogP contribution >= 0.6 is 11.3 Å². The van der Waals surface area contributed by atoms with Gasteiger partial charge in [0.2, 0.25) is 17.7 Å². The Morgan fingerprint density at radius 3 is 2.38 bits per heavy atom. The zero-order valence-corrected chi connectivity index (χ0v) is 45.1. The number of benzene rings is 2. The summed E-state index contributed by atoms with van der Waals surface area (Å²) >= 11 is 1.55. The first-order valence-electron chi connectivity index (χ1n) is 27.3. The fourth-order valence-corrected chi connectivity index (χ4v) is 12.8. The molecule has 1 saturated carbocycles. The number of piperidine rings is 1. The average Bonchev–Trinajstić information content (AvgIpc) is 4.26. The van der Waals surface area contributed by atoms with Crippen LogP contribution in [-0.4, -0.2) is 157 Å². The Hall–Kier alpha value is -6.91.